The summed E-state index contributed by atoms with van der Waals surface area (Å²) in [6, 6.07) is 18.1. The molecule has 0 saturated heterocycles. The van der Waals surface area contributed by atoms with Gasteiger partial charge in [-0.25, -0.2) is 0 Å². The summed E-state index contributed by atoms with van der Waals surface area (Å²) >= 11 is 2.08. The molecule has 0 unspecified atom stereocenters. The zero-order valence-corrected chi connectivity index (χ0v) is 20.0. The summed E-state index contributed by atoms with van der Waals surface area (Å²) in [5.41, 5.74) is 0.875. The maximum atomic E-state index is 12.6. The van der Waals surface area contributed by atoms with Crippen molar-refractivity contribution < 1.29 is 24.3 Å². The molecule has 0 fully saturated rings. The van der Waals surface area contributed by atoms with Gasteiger partial charge in [0, 0.05) is 6.07 Å². The molecular formula is C24H18IN3O6. The Bertz CT molecular complexity index is 1300. The molecule has 0 atom stereocenters. The average Bonchev–Trinajstić information content (AvgIpc) is 2.83. The maximum Gasteiger partial charge on any atom is 0.273 e. The van der Waals surface area contributed by atoms with Gasteiger partial charge in [-0.05, 0) is 58.0 Å². The first-order valence-electron chi connectivity index (χ1n) is 9.77. The molecule has 34 heavy (non-hydrogen) atoms. The lowest BCUT2D eigenvalue weighted by atomic mass is 10.1. The van der Waals surface area contributed by atoms with E-state index in [1.165, 1.54) is 19.3 Å². The van der Waals surface area contributed by atoms with Crippen LogP contribution in [0.15, 0.2) is 66.2 Å². The number of nitriles is 1. The third kappa shape index (κ3) is 6.02. The fourth-order valence-corrected chi connectivity index (χ4v) is 3.72. The number of nitro benzene ring substituents is 1. The van der Waals surface area contributed by atoms with Gasteiger partial charge in [0.25, 0.3) is 11.6 Å². The van der Waals surface area contributed by atoms with Crippen LogP contribution in [-0.2, 0) is 11.4 Å². The number of aromatic hydroxyl groups is 1. The van der Waals surface area contributed by atoms with Gasteiger partial charge in [0.2, 0.25) is 0 Å². The van der Waals surface area contributed by atoms with Crippen LogP contribution in [0.1, 0.15) is 11.1 Å². The van der Waals surface area contributed by atoms with Gasteiger partial charge in [0.15, 0.2) is 11.5 Å². The molecule has 3 aromatic carbocycles. The SMILES string of the molecule is COc1cc(C=C(C#N)C(=O)Nc2ccc([N+](=O)[O-])cc2O)cc(I)c1OCc1ccccc1. The number of phenolic OH excluding ortho intramolecular Hbond substituents is 1. The molecule has 172 valence electrons. The Kier molecular flexibility index (Phi) is 8.05. The summed E-state index contributed by atoms with van der Waals surface area (Å²) < 4.78 is 12.1. The molecule has 0 bridgehead atoms. The van der Waals surface area contributed by atoms with Crippen molar-refractivity contribution in [2.24, 2.45) is 0 Å². The number of methoxy groups -OCH3 is 1. The fraction of sp³-hybridized carbons (Fsp3) is 0.0833. The number of anilines is 1. The summed E-state index contributed by atoms with van der Waals surface area (Å²) in [6.07, 6.45) is 1.36. The van der Waals surface area contributed by atoms with Crippen LogP contribution in [0.5, 0.6) is 17.2 Å². The van der Waals surface area contributed by atoms with E-state index in [1.54, 1.807) is 12.1 Å². The largest absolute Gasteiger partial charge is 0.506 e. The molecule has 0 spiro atoms. The van der Waals surface area contributed by atoms with Crippen LogP contribution in [-0.4, -0.2) is 23.0 Å². The third-order valence-corrected chi connectivity index (χ3v) is 5.40. The zero-order chi connectivity index (χ0) is 24.7. The van der Waals surface area contributed by atoms with Crippen LogP contribution < -0.4 is 14.8 Å². The number of nitrogens with zero attached hydrogens (tertiary/aromatic N) is 2. The number of benzene rings is 3. The minimum atomic E-state index is -0.787. The Labute approximate surface area is 208 Å². The Hall–Kier alpha value is -4.11. The van der Waals surface area contributed by atoms with E-state index >= 15 is 0 Å². The highest BCUT2D eigenvalue weighted by Gasteiger charge is 2.16. The van der Waals surface area contributed by atoms with E-state index in [9.17, 15) is 25.3 Å². The number of carbonyl (C=O) groups excluding carboxylic acids is 1. The number of ether oxygens (including phenoxy) is 2. The second kappa shape index (κ2) is 11.2. The molecule has 2 N–H and O–H groups in total. The first-order valence-corrected chi connectivity index (χ1v) is 10.8. The second-order valence-electron chi connectivity index (χ2n) is 6.89. The number of non-ortho nitro benzene ring substituents is 1. The number of hydrogen-bond acceptors (Lipinski definition) is 7. The molecule has 0 aliphatic carbocycles. The number of hydrogen-bond donors (Lipinski definition) is 2. The van der Waals surface area contributed by atoms with E-state index in [1.807, 2.05) is 36.4 Å². The molecule has 3 aromatic rings. The normalized spacial score (nSPS) is 10.8. The summed E-state index contributed by atoms with van der Waals surface area (Å²) in [4.78, 5) is 22.7. The Balaban J connectivity index is 1.82. The monoisotopic (exact) mass is 571 g/mol. The van der Waals surface area contributed by atoms with Crippen molar-refractivity contribution in [2.45, 2.75) is 6.61 Å². The smallest absolute Gasteiger partial charge is 0.273 e. The number of rotatable bonds is 8. The number of phenols is 1. The molecule has 10 heteroatoms. The minimum absolute atomic E-state index is 0.0615. The standard InChI is InChI=1S/C24H18IN3O6/c1-33-22-11-16(10-19(25)23(22)34-14-15-5-3-2-4-6-15)9-17(13-26)24(30)27-20-8-7-18(28(31)32)12-21(20)29/h2-12,29H,14H2,1H3,(H,27,30). The van der Waals surface area contributed by atoms with E-state index in [2.05, 4.69) is 27.9 Å². The lowest BCUT2D eigenvalue weighted by molar-refractivity contribution is -0.384. The molecule has 0 aromatic heterocycles. The molecular weight excluding hydrogens is 553 g/mol. The number of halogens is 1. The summed E-state index contributed by atoms with van der Waals surface area (Å²) in [6.45, 7) is 0.340. The number of nitrogens with one attached hydrogen (secondary N) is 1. The van der Waals surface area contributed by atoms with Crippen LogP contribution in [0, 0.1) is 25.0 Å². The van der Waals surface area contributed by atoms with Gasteiger partial charge in [-0.3, -0.25) is 14.9 Å². The molecule has 0 heterocycles. The van der Waals surface area contributed by atoms with Gasteiger partial charge in [0.05, 0.1) is 27.4 Å². The number of amides is 1. The van der Waals surface area contributed by atoms with Crippen LogP contribution in [0.3, 0.4) is 0 Å². The van der Waals surface area contributed by atoms with Gasteiger partial charge >= 0.3 is 0 Å². The van der Waals surface area contributed by atoms with Crippen molar-refractivity contribution in [1.29, 1.82) is 5.26 Å². The first kappa shape index (κ1) is 24.5. The van der Waals surface area contributed by atoms with Crippen molar-refractivity contribution in [3.63, 3.8) is 0 Å². The highest BCUT2D eigenvalue weighted by molar-refractivity contribution is 14.1. The quantitative estimate of drug-likeness (QED) is 0.0967. The Morgan fingerprint density at radius 1 is 1.24 bits per heavy atom. The first-order chi connectivity index (χ1) is 16.3. The molecule has 0 aliphatic rings. The molecule has 0 radical (unpaired) electrons. The fourth-order valence-electron chi connectivity index (χ4n) is 2.94. The average molecular weight is 571 g/mol. The maximum absolute atomic E-state index is 12.6. The van der Waals surface area contributed by atoms with Gasteiger partial charge in [0.1, 0.15) is 24.0 Å². The van der Waals surface area contributed by atoms with Crippen LogP contribution in [0.25, 0.3) is 6.08 Å². The Morgan fingerprint density at radius 3 is 2.59 bits per heavy atom. The number of nitro groups is 1. The predicted molar refractivity (Wildman–Crippen MR) is 133 cm³/mol. The van der Waals surface area contributed by atoms with Crippen LogP contribution in [0.2, 0.25) is 0 Å². The van der Waals surface area contributed by atoms with E-state index < -0.39 is 16.6 Å². The van der Waals surface area contributed by atoms with Crippen molar-refractivity contribution in [2.75, 3.05) is 12.4 Å². The second-order valence-corrected chi connectivity index (χ2v) is 8.05. The molecule has 9 nitrogen and oxygen atoms in total. The van der Waals surface area contributed by atoms with Gasteiger partial charge in [-0.2, -0.15) is 5.26 Å². The minimum Gasteiger partial charge on any atom is -0.506 e. The molecule has 0 aliphatic heterocycles. The topological polar surface area (TPSA) is 135 Å². The highest BCUT2D eigenvalue weighted by Crippen LogP contribution is 2.35. The van der Waals surface area contributed by atoms with Crippen molar-refractivity contribution in [3.05, 3.63) is 91.0 Å². The van der Waals surface area contributed by atoms with E-state index in [4.69, 9.17) is 9.47 Å². The van der Waals surface area contributed by atoms with Gasteiger partial charge < -0.3 is 19.9 Å². The lowest BCUT2D eigenvalue weighted by Gasteiger charge is -2.14. The van der Waals surface area contributed by atoms with Gasteiger partial charge in [-0.15, -0.1) is 0 Å². The van der Waals surface area contributed by atoms with Crippen LogP contribution in [0.4, 0.5) is 11.4 Å². The lowest BCUT2D eigenvalue weighted by Crippen LogP contribution is -2.13. The Morgan fingerprint density at radius 2 is 1.97 bits per heavy atom. The van der Waals surface area contributed by atoms with Crippen molar-refractivity contribution >= 4 is 45.9 Å². The van der Waals surface area contributed by atoms with Crippen molar-refractivity contribution in [1.82, 2.24) is 0 Å². The van der Waals surface area contributed by atoms with E-state index in [0.717, 1.165) is 17.7 Å². The zero-order valence-electron chi connectivity index (χ0n) is 17.8. The number of carbonyl (C=O) groups is 1. The molecule has 3 rings (SSSR count). The summed E-state index contributed by atoms with van der Waals surface area (Å²) in [5, 5.41) is 32.6. The highest BCUT2D eigenvalue weighted by atomic mass is 127. The predicted octanol–water partition coefficient (Wildman–Crippen LogP) is 5.04. The van der Waals surface area contributed by atoms with Crippen LogP contribution >= 0.6 is 22.6 Å². The molecule has 0 saturated carbocycles. The summed E-state index contributed by atoms with van der Waals surface area (Å²) in [5.74, 6) is -0.316. The third-order valence-electron chi connectivity index (χ3n) is 4.59. The molecule has 1 amide bonds. The van der Waals surface area contributed by atoms with E-state index in [-0.39, 0.29) is 16.9 Å². The van der Waals surface area contributed by atoms with Gasteiger partial charge in [-0.1, -0.05) is 30.3 Å². The summed E-state index contributed by atoms with van der Waals surface area (Å²) in [7, 11) is 1.49. The van der Waals surface area contributed by atoms with Crippen molar-refractivity contribution in [3.8, 4) is 23.3 Å². The van der Waals surface area contributed by atoms with E-state index in [0.29, 0.717) is 27.2 Å².